The Morgan fingerprint density at radius 1 is 0.690 bits per heavy atom. The predicted molar refractivity (Wildman–Crippen MR) is 115 cm³/mol. The van der Waals surface area contributed by atoms with E-state index in [2.05, 4.69) is 26.8 Å². The van der Waals surface area contributed by atoms with Crippen LogP contribution < -0.4 is 10.9 Å². The summed E-state index contributed by atoms with van der Waals surface area (Å²) in [7, 11) is 0. The van der Waals surface area contributed by atoms with Gasteiger partial charge in [-0.1, -0.05) is 48.0 Å². The average Bonchev–Trinajstić information content (AvgIpc) is 2.73. The van der Waals surface area contributed by atoms with Crippen LogP contribution >= 0.6 is 15.9 Å². The molecule has 0 aliphatic heterocycles. The van der Waals surface area contributed by atoms with Crippen LogP contribution in [0.4, 0.5) is 0 Å². The normalized spacial score (nSPS) is 10.3. The largest absolute Gasteiger partial charge is 0.289 e. The first-order chi connectivity index (χ1) is 13.9. The van der Waals surface area contributed by atoms with E-state index in [0.717, 1.165) is 11.1 Å². The van der Waals surface area contributed by atoms with Crippen LogP contribution in [0.15, 0.2) is 71.2 Å². The second kappa shape index (κ2) is 8.84. The Morgan fingerprint density at radius 2 is 1.24 bits per heavy atom. The molecule has 0 saturated carbocycles. The van der Waals surface area contributed by atoms with Crippen molar-refractivity contribution in [3.05, 3.63) is 105 Å². The molecule has 0 bridgehead atoms. The maximum absolute atomic E-state index is 13.1. The number of carbonyl (C=O) groups excluding carboxylic acids is 3. The van der Waals surface area contributed by atoms with Crippen LogP contribution in [0, 0.1) is 13.8 Å². The van der Waals surface area contributed by atoms with Crippen molar-refractivity contribution in [3.63, 3.8) is 0 Å². The number of carbonyl (C=O) groups is 3. The molecule has 3 aromatic rings. The summed E-state index contributed by atoms with van der Waals surface area (Å²) in [5, 5.41) is 0. The van der Waals surface area contributed by atoms with Crippen molar-refractivity contribution in [1.82, 2.24) is 10.9 Å². The third kappa shape index (κ3) is 4.60. The second-order valence-corrected chi connectivity index (χ2v) is 7.44. The lowest BCUT2D eigenvalue weighted by Gasteiger charge is -2.12. The summed E-state index contributed by atoms with van der Waals surface area (Å²) in [6.45, 7) is 3.76. The molecule has 5 nitrogen and oxygen atoms in total. The van der Waals surface area contributed by atoms with E-state index in [0.29, 0.717) is 15.6 Å². The zero-order valence-corrected chi connectivity index (χ0v) is 17.5. The Balaban J connectivity index is 1.82. The highest BCUT2D eigenvalue weighted by Crippen LogP contribution is 2.19. The lowest BCUT2D eigenvalue weighted by atomic mass is 9.94. The van der Waals surface area contributed by atoms with Gasteiger partial charge >= 0.3 is 0 Å². The molecule has 2 N–H and O–H groups in total. The first-order valence-corrected chi connectivity index (χ1v) is 9.74. The van der Waals surface area contributed by atoms with E-state index >= 15 is 0 Å². The van der Waals surface area contributed by atoms with Crippen LogP contribution in [0.3, 0.4) is 0 Å². The highest BCUT2D eigenvalue weighted by molar-refractivity contribution is 9.10. The molecule has 0 fully saturated rings. The van der Waals surface area contributed by atoms with Crippen LogP contribution in [0.25, 0.3) is 0 Å². The van der Waals surface area contributed by atoms with Crippen LogP contribution in [-0.4, -0.2) is 17.6 Å². The molecule has 3 aromatic carbocycles. The third-order valence-corrected chi connectivity index (χ3v) is 5.15. The van der Waals surface area contributed by atoms with Crippen molar-refractivity contribution in [3.8, 4) is 0 Å². The molecular formula is C23H19BrN2O3. The Bertz CT molecular complexity index is 1110. The summed E-state index contributed by atoms with van der Waals surface area (Å²) in [5.41, 5.74) is 7.95. The highest BCUT2D eigenvalue weighted by Gasteiger charge is 2.20. The van der Waals surface area contributed by atoms with Gasteiger partial charge in [0.2, 0.25) is 0 Å². The molecule has 146 valence electrons. The Kier molecular flexibility index (Phi) is 6.24. The minimum atomic E-state index is -0.570. The second-order valence-electron chi connectivity index (χ2n) is 6.58. The number of hydrogen-bond donors (Lipinski definition) is 2. The number of amides is 2. The van der Waals surface area contributed by atoms with Crippen LogP contribution in [0.5, 0.6) is 0 Å². The molecule has 3 rings (SSSR count). The van der Waals surface area contributed by atoms with E-state index in [1.54, 1.807) is 54.6 Å². The molecule has 0 aromatic heterocycles. The summed E-state index contributed by atoms with van der Waals surface area (Å²) in [4.78, 5) is 38.1. The van der Waals surface area contributed by atoms with Crippen molar-refractivity contribution >= 4 is 33.5 Å². The highest BCUT2D eigenvalue weighted by atomic mass is 79.9. The molecule has 0 spiro atoms. The molecule has 0 atom stereocenters. The fourth-order valence-electron chi connectivity index (χ4n) is 2.90. The number of halogens is 1. The van der Waals surface area contributed by atoms with Crippen molar-refractivity contribution in [1.29, 1.82) is 0 Å². The summed E-state index contributed by atoms with van der Waals surface area (Å²) >= 11 is 3.30. The van der Waals surface area contributed by atoms with Gasteiger partial charge in [0.15, 0.2) is 5.78 Å². The Labute approximate surface area is 177 Å². The van der Waals surface area contributed by atoms with E-state index < -0.39 is 11.8 Å². The quantitative estimate of drug-likeness (QED) is 0.457. The summed E-state index contributed by atoms with van der Waals surface area (Å²) in [6.07, 6.45) is 0. The summed E-state index contributed by atoms with van der Waals surface area (Å²) in [6, 6.07) is 19.0. The number of hydrazine groups is 1. The summed E-state index contributed by atoms with van der Waals surface area (Å²) < 4.78 is 0.609. The van der Waals surface area contributed by atoms with Crippen molar-refractivity contribution in [2.24, 2.45) is 0 Å². The van der Waals surface area contributed by atoms with Gasteiger partial charge in [-0.3, -0.25) is 25.2 Å². The first kappa shape index (κ1) is 20.5. The summed E-state index contributed by atoms with van der Waals surface area (Å²) in [5.74, 6) is -1.28. The minimum Gasteiger partial charge on any atom is -0.289 e. The van der Waals surface area contributed by atoms with Gasteiger partial charge in [0.1, 0.15) is 0 Å². The zero-order valence-electron chi connectivity index (χ0n) is 16.0. The van der Waals surface area contributed by atoms with Crippen molar-refractivity contribution < 1.29 is 14.4 Å². The molecule has 0 saturated heterocycles. The number of aryl methyl sites for hydroxylation is 2. The van der Waals surface area contributed by atoms with Crippen molar-refractivity contribution in [2.75, 3.05) is 0 Å². The van der Waals surface area contributed by atoms with E-state index in [9.17, 15) is 14.4 Å². The molecular weight excluding hydrogens is 432 g/mol. The van der Waals surface area contributed by atoms with Gasteiger partial charge in [0.05, 0.1) is 11.1 Å². The molecule has 0 heterocycles. The molecule has 2 amide bonds. The van der Waals surface area contributed by atoms with Crippen LogP contribution in [-0.2, 0) is 0 Å². The maximum atomic E-state index is 13.1. The molecule has 0 unspecified atom stereocenters. The number of rotatable bonds is 4. The topological polar surface area (TPSA) is 75.3 Å². The van der Waals surface area contributed by atoms with Gasteiger partial charge in [-0.2, -0.15) is 0 Å². The smallest absolute Gasteiger partial charge is 0.270 e. The van der Waals surface area contributed by atoms with Gasteiger partial charge in [-0.25, -0.2) is 0 Å². The van der Waals surface area contributed by atoms with Crippen molar-refractivity contribution in [2.45, 2.75) is 13.8 Å². The third-order valence-electron chi connectivity index (χ3n) is 4.46. The zero-order chi connectivity index (χ0) is 21.0. The first-order valence-electron chi connectivity index (χ1n) is 8.94. The Morgan fingerprint density at radius 3 is 1.90 bits per heavy atom. The maximum Gasteiger partial charge on any atom is 0.270 e. The van der Waals surface area contributed by atoms with E-state index in [4.69, 9.17) is 0 Å². The monoisotopic (exact) mass is 450 g/mol. The van der Waals surface area contributed by atoms with Gasteiger partial charge < -0.3 is 0 Å². The lowest BCUT2D eigenvalue weighted by molar-refractivity contribution is 0.0844. The van der Waals surface area contributed by atoms with Gasteiger partial charge in [-0.15, -0.1) is 0 Å². The number of ketones is 1. The standard InChI is InChI=1S/C23H19BrN2O3/c1-14-11-12-15(2)19(13-14)21(27)16-7-3-4-8-17(16)22(28)25-26-23(29)18-9-5-6-10-20(18)24/h3-13H,1-2H3,(H,25,28)(H,26,29). The molecule has 0 radical (unpaired) electrons. The lowest BCUT2D eigenvalue weighted by Crippen LogP contribution is -2.42. The predicted octanol–water partition coefficient (Wildman–Crippen LogP) is 4.37. The molecule has 29 heavy (non-hydrogen) atoms. The van der Waals surface area contributed by atoms with E-state index in [1.165, 1.54) is 0 Å². The van der Waals surface area contributed by atoms with Gasteiger partial charge in [0, 0.05) is 15.6 Å². The number of hydrogen-bond acceptors (Lipinski definition) is 3. The molecule has 6 heteroatoms. The Hall–Kier alpha value is -3.25. The molecule has 0 aliphatic rings. The van der Waals surface area contributed by atoms with E-state index in [1.807, 2.05) is 26.0 Å². The fourth-order valence-corrected chi connectivity index (χ4v) is 3.36. The number of nitrogens with one attached hydrogen (secondary N) is 2. The van der Waals surface area contributed by atoms with Gasteiger partial charge in [0.25, 0.3) is 11.8 Å². The minimum absolute atomic E-state index is 0.186. The molecule has 0 aliphatic carbocycles. The van der Waals surface area contributed by atoms with E-state index in [-0.39, 0.29) is 16.9 Å². The SMILES string of the molecule is Cc1ccc(C)c(C(=O)c2ccccc2C(=O)NNC(=O)c2ccccc2Br)c1. The van der Waals surface area contributed by atoms with Crippen LogP contribution in [0.2, 0.25) is 0 Å². The van der Waals surface area contributed by atoms with Crippen LogP contribution in [0.1, 0.15) is 47.8 Å². The average molecular weight is 451 g/mol. The number of benzene rings is 3. The van der Waals surface area contributed by atoms with Gasteiger partial charge in [-0.05, 0) is 59.6 Å². The fraction of sp³-hybridized carbons (Fsp3) is 0.0870.